The summed E-state index contributed by atoms with van der Waals surface area (Å²) >= 11 is 0. The van der Waals surface area contributed by atoms with Gasteiger partial charge in [0.05, 0.1) is 0 Å². The zero-order valence-electron chi connectivity index (χ0n) is 12.9. The third kappa shape index (κ3) is 9.38. The first-order chi connectivity index (χ1) is 8.94. The maximum absolute atomic E-state index is 12.0. The van der Waals surface area contributed by atoms with Crippen molar-refractivity contribution < 1.29 is 8.42 Å². The van der Waals surface area contributed by atoms with Crippen LogP contribution in [0.5, 0.6) is 0 Å². The third-order valence-corrected chi connectivity index (χ3v) is 4.71. The highest BCUT2D eigenvalue weighted by molar-refractivity contribution is 7.87. The molecule has 0 saturated carbocycles. The standard InChI is InChI=1S/C13H31N3O2S/c1-5-7-9-13(3)15-19(17,18)16(4)12-8-11-14-10-6-2/h13-15H,5-12H2,1-4H3. The maximum atomic E-state index is 12.0. The predicted molar refractivity (Wildman–Crippen MR) is 81.5 cm³/mol. The summed E-state index contributed by atoms with van der Waals surface area (Å²) in [6.07, 6.45) is 4.96. The van der Waals surface area contributed by atoms with Crippen molar-refractivity contribution in [1.29, 1.82) is 0 Å². The largest absolute Gasteiger partial charge is 0.317 e. The Balaban J connectivity index is 3.96. The molecule has 1 unspecified atom stereocenters. The van der Waals surface area contributed by atoms with Crippen LogP contribution in [0.1, 0.15) is 52.9 Å². The maximum Gasteiger partial charge on any atom is 0.279 e. The summed E-state index contributed by atoms with van der Waals surface area (Å²) in [5, 5.41) is 3.27. The Morgan fingerprint density at radius 3 is 2.37 bits per heavy atom. The molecule has 0 spiro atoms. The first-order valence-corrected chi connectivity index (χ1v) is 8.82. The van der Waals surface area contributed by atoms with Gasteiger partial charge in [0.1, 0.15) is 0 Å². The van der Waals surface area contributed by atoms with Crippen molar-refractivity contribution in [2.45, 2.75) is 58.9 Å². The van der Waals surface area contributed by atoms with E-state index in [-0.39, 0.29) is 6.04 Å². The van der Waals surface area contributed by atoms with Gasteiger partial charge in [-0.15, -0.1) is 0 Å². The normalized spacial score (nSPS) is 13.9. The van der Waals surface area contributed by atoms with Gasteiger partial charge in [0, 0.05) is 19.6 Å². The summed E-state index contributed by atoms with van der Waals surface area (Å²) in [6, 6.07) is 0.00520. The van der Waals surface area contributed by atoms with Crippen LogP contribution in [0.2, 0.25) is 0 Å². The molecule has 0 aliphatic heterocycles. The number of nitrogens with zero attached hydrogens (tertiary/aromatic N) is 1. The minimum atomic E-state index is -3.33. The predicted octanol–water partition coefficient (Wildman–Crippen LogP) is 1.72. The van der Waals surface area contributed by atoms with E-state index in [9.17, 15) is 8.42 Å². The minimum absolute atomic E-state index is 0.00520. The van der Waals surface area contributed by atoms with Crippen molar-refractivity contribution >= 4 is 10.2 Å². The Morgan fingerprint density at radius 2 is 1.79 bits per heavy atom. The second-order valence-electron chi connectivity index (χ2n) is 5.09. The first-order valence-electron chi connectivity index (χ1n) is 7.38. The van der Waals surface area contributed by atoms with Gasteiger partial charge in [-0.2, -0.15) is 17.4 Å². The van der Waals surface area contributed by atoms with Gasteiger partial charge in [-0.3, -0.25) is 0 Å². The molecule has 0 amide bonds. The van der Waals surface area contributed by atoms with Gasteiger partial charge in [0.15, 0.2) is 0 Å². The molecule has 1 atom stereocenters. The topological polar surface area (TPSA) is 61.4 Å². The summed E-state index contributed by atoms with van der Waals surface area (Å²) in [5.74, 6) is 0. The summed E-state index contributed by atoms with van der Waals surface area (Å²) in [7, 11) is -1.69. The molecule has 0 aliphatic carbocycles. The van der Waals surface area contributed by atoms with Crippen molar-refractivity contribution in [3.05, 3.63) is 0 Å². The lowest BCUT2D eigenvalue weighted by Gasteiger charge is -2.21. The van der Waals surface area contributed by atoms with E-state index in [1.807, 2.05) is 6.92 Å². The van der Waals surface area contributed by atoms with Gasteiger partial charge in [-0.05, 0) is 39.3 Å². The molecule has 0 heterocycles. The Bertz CT molecular complexity index is 307. The van der Waals surface area contributed by atoms with Crippen molar-refractivity contribution in [2.24, 2.45) is 0 Å². The number of hydrogen-bond acceptors (Lipinski definition) is 3. The molecule has 5 nitrogen and oxygen atoms in total. The summed E-state index contributed by atoms with van der Waals surface area (Å²) in [6.45, 7) is 8.54. The van der Waals surface area contributed by atoms with Crippen LogP contribution < -0.4 is 10.0 Å². The van der Waals surface area contributed by atoms with E-state index in [0.29, 0.717) is 6.54 Å². The van der Waals surface area contributed by atoms with E-state index in [0.717, 1.165) is 45.2 Å². The molecule has 0 bridgehead atoms. The molecule has 2 N–H and O–H groups in total. The lowest BCUT2D eigenvalue weighted by Crippen LogP contribution is -2.43. The monoisotopic (exact) mass is 293 g/mol. The van der Waals surface area contributed by atoms with E-state index >= 15 is 0 Å². The number of nitrogens with one attached hydrogen (secondary N) is 2. The Kier molecular flexibility index (Phi) is 10.5. The molecular weight excluding hydrogens is 262 g/mol. The van der Waals surface area contributed by atoms with Gasteiger partial charge >= 0.3 is 0 Å². The second kappa shape index (κ2) is 10.6. The molecule has 0 aromatic heterocycles. The molecule has 0 fully saturated rings. The van der Waals surface area contributed by atoms with Gasteiger partial charge in [0.2, 0.25) is 0 Å². The smallest absolute Gasteiger partial charge is 0.279 e. The SMILES string of the molecule is CCCCC(C)NS(=O)(=O)N(C)CCCNCCC. The van der Waals surface area contributed by atoms with E-state index in [4.69, 9.17) is 0 Å². The fourth-order valence-electron chi connectivity index (χ4n) is 1.76. The zero-order valence-corrected chi connectivity index (χ0v) is 13.7. The Labute approximate surface area is 119 Å². The average Bonchev–Trinajstić information content (AvgIpc) is 2.35. The zero-order chi connectivity index (χ0) is 14.7. The molecule has 0 aromatic carbocycles. The quantitative estimate of drug-likeness (QED) is 0.539. The highest BCUT2D eigenvalue weighted by Crippen LogP contribution is 2.03. The van der Waals surface area contributed by atoms with Crippen molar-refractivity contribution in [1.82, 2.24) is 14.3 Å². The molecule has 6 heteroatoms. The average molecular weight is 293 g/mol. The number of rotatable bonds is 12. The molecule has 0 aliphatic rings. The molecule has 0 radical (unpaired) electrons. The summed E-state index contributed by atoms with van der Waals surface area (Å²) in [5.41, 5.74) is 0. The van der Waals surface area contributed by atoms with Gasteiger partial charge in [-0.25, -0.2) is 0 Å². The lowest BCUT2D eigenvalue weighted by molar-refractivity contribution is 0.432. The Morgan fingerprint density at radius 1 is 1.11 bits per heavy atom. The highest BCUT2D eigenvalue weighted by Gasteiger charge is 2.19. The van der Waals surface area contributed by atoms with Crippen LogP contribution in [-0.2, 0) is 10.2 Å². The third-order valence-electron chi connectivity index (χ3n) is 3.00. The van der Waals surface area contributed by atoms with Crippen molar-refractivity contribution in [2.75, 3.05) is 26.7 Å². The fourth-order valence-corrected chi connectivity index (χ4v) is 2.94. The molecule has 0 rings (SSSR count). The fraction of sp³-hybridized carbons (Fsp3) is 1.00. The highest BCUT2D eigenvalue weighted by atomic mass is 32.2. The van der Waals surface area contributed by atoms with E-state index < -0.39 is 10.2 Å². The first kappa shape index (κ1) is 18.8. The van der Waals surface area contributed by atoms with E-state index in [1.165, 1.54) is 4.31 Å². The lowest BCUT2D eigenvalue weighted by atomic mass is 10.2. The van der Waals surface area contributed by atoms with E-state index in [2.05, 4.69) is 23.9 Å². The van der Waals surface area contributed by atoms with Crippen LogP contribution in [0.25, 0.3) is 0 Å². The Hall–Kier alpha value is -0.170. The minimum Gasteiger partial charge on any atom is -0.317 e. The van der Waals surface area contributed by atoms with Crippen LogP contribution in [0.4, 0.5) is 0 Å². The van der Waals surface area contributed by atoms with E-state index in [1.54, 1.807) is 7.05 Å². The second-order valence-corrected chi connectivity index (χ2v) is 6.90. The summed E-state index contributed by atoms with van der Waals surface area (Å²) in [4.78, 5) is 0. The molecule has 0 saturated heterocycles. The number of hydrogen-bond donors (Lipinski definition) is 2. The van der Waals surface area contributed by atoms with Gasteiger partial charge in [-0.1, -0.05) is 26.7 Å². The van der Waals surface area contributed by atoms with Crippen LogP contribution in [0.15, 0.2) is 0 Å². The van der Waals surface area contributed by atoms with Crippen LogP contribution >= 0.6 is 0 Å². The molecule has 116 valence electrons. The van der Waals surface area contributed by atoms with Crippen molar-refractivity contribution in [3.63, 3.8) is 0 Å². The molecule has 0 aromatic rings. The van der Waals surface area contributed by atoms with Crippen LogP contribution in [0, 0.1) is 0 Å². The van der Waals surface area contributed by atoms with Crippen molar-refractivity contribution in [3.8, 4) is 0 Å². The molecular formula is C13H31N3O2S. The molecule has 19 heavy (non-hydrogen) atoms. The van der Waals surface area contributed by atoms with Gasteiger partial charge in [0.25, 0.3) is 10.2 Å². The van der Waals surface area contributed by atoms with Crippen LogP contribution in [-0.4, -0.2) is 45.4 Å². The van der Waals surface area contributed by atoms with Crippen LogP contribution in [0.3, 0.4) is 0 Å². The van der Waals surface area contributed by atoms with Gasteiger partial charge < -0.3 is 5.32 Å². The summed E-state index contributed by atoms with van der Waals surface area (Å²) < 4.78 is 28.2. The number of unbranched alkanes of at least 4 members (excludes halogenated alkanes) is 1.